The van der Waals surface area contributed by atoms with Gasteiger partial charge >= 0.3 is 0 Å². The van der Waals surface area contributed by atoms with Crippen LogP contribution < -0.4 is 0 Å². The van der Waals surface area contributed by atoms with Gasteiger partial charge in [-0.05, 0) is 0 Å². The molecule has 1 aliphatic rings. The lowest BCUT2D eigenvalue weighted by molar-refractivity contribution is 0.164. The Morgan fingerprint density at radius 2 is 2.41 bits per heavy atom. The monoisotopic (exact) mass is 252 g/mol. The van der Waals surface area contributed by atoms with E-state index in [9.17, 15) is 5.11 Å². The average Bonchev–Trinajstić information content (AvgIpc) is 2.97. The van der Waals surface area contributed by atoms with Crippen molar-refractivity contribution in [2.24, 2.45) is 7.05 Å². The molecule has 2 aromatic rings. The van der Waals surface area contributed by atoms with Crippen LogP contribution in [-0.4, -0.2) is 42.6 Å². The second kappa shape index (κ2) is 4.15. The fraction of sp³-hybridized carbons (Fsp3) is 0.500. The van der Waals surface area contributed by atoms with Crippen molar-refractivity contribution < 1.29 is 9.63 Å². The van der Waals surface area contributed by atoms with Crippen molar-refractivity contribution in [2.45, 2.75) is 12.0 Å². The van der Waals surface area contributed by atoms with E-state index in [0.29, 0.717) is 11.7 Å². The number of hydrogen-bond acceptors (Lipinski definition) is 6. The minimum absolute atomic E-state index is 0.0436. The zero-order chi connectivity index (χ0) is 11.8. The van der Waals surface area contributed by atoms with E-state index in [1.54, 1.807) is 22.6 Å². The molecule has 0 bridgehead atoms. The molecular weight excluding hydrogens is 240 g/mol. The fourth-order valence-electron chi connectivity index (χ4n) is 1.82. The number of rotatable bonds is 2. The smallest absolute Gasteiger partial charge is 0.233 e. The minimum atomic E-state index is -0.387. The van der Waals surface area contributed by atoms with Gasteiger partial charge in [-0.3, -0.25) is 4.68 Å². The van der Waals surface area contributed by atoms with Gasteiger partial charge in [0.1, 0.15) is 0 Å². The molecule has 0 radical (unpaired) electrons. The van der Waals surface area contributed by atoms with Crippen LogP contribution in [0.15, 0.2) is 16.9 Å². The van der Waals surface area contributed by atoms with E-state index in [4.69, 9.17) is 4.52 Å². The summed E-state index contributed by atoms with van der Waals surface area (Å²) >= 11 is 1.70. The van der Waals surface area contributed by atoms with Crippen LogP contribution in [0.25, 0.3) is 11.4 Å². The van der Waals surface area contributed by atoms with E-state index < -0.39 is 0 Å². The molecule has 1 N–H and O–H groups in total. The molecule has 2 unspecified atom stereocenters. The maximum atomic E-state index is 9.76. The van der Waals surface area contributed by atoms with Gasteiger partial charge in [0.15, 0.2) is 0 Å². The molecule has 2 aromatic heterocycles. The SMILES string of the molecule is Cn1cc(-c2noc(C3CSCC3O)n2)cn1. The topological polar surface area (TPSA) is 77.0 Å². The van der Waals surface area contributed by atoms with E-state index in [0.717, 1.165) is 17.1 Å². The van der Waals surface area contributed by atoms with Crippen molar-refractivity contribution in [1.82, 2.24) is 19.9 Å². The third-order valence-electron chi connectivity index (χ3n) is 2.77. The molecule has 3 rings (SSSR count). The first-order valence-electron chi connectivity index (χ1n) is 5.32. The number of nitrogens with zero attached hydrogens (tertiary/aromatic N) is 4. The van der Waals surface area contributed by atoms with Crippen molar-refractivity contribution >= 4 is 11.8 Å². The van der Waals surface area contributed by atoms with E-state index in [2.05, 4.69) is 15.2 Å². The zero-order valence-corrected chi connectivity index (χ0v) is 10.1. The first-order valence-corrected chi connectivity index (χ1v) is 6.48. The van der Waals surface area contributed by atoms with Crippen LogP contribution in [0, 0.1) is 0 Å². The lowest BCUT2D eigenvalue weighted by Gasteiger charge is -2.06. The highest BCUT2D eigenvalue weighted by Gasteiger charge is 2.32. The molecule has 7 heteroatoms. The summed E-state index contributed by atoms with van der Waals surface area (Å²) in [4.78, 5) is 4.32. The highest BCUT2D eigenvalue weighted by molar-refractivity contribution is 7.99. The molecular formula is C10H12N4O2S. The summed E-state index contributed by atoms with van der Waals surface area (Å²) < 4.78 is 6.90. The van der Waals surface area contributed by atoms with Crippen LogP contribution in [0.4, 0.5) is 0 Å². The normalized spacial score (nSPS) is 24.4. The maximum absolute atomic E-state index is 9.76. The summed E-state index contributed by atoms with van der Waals surface area (Å²) in [6.07, 6.45) is 3.13. The standard InChI is InChI=1S/C10H12N4O2S/c1-14-3-6(2-11-14)9-12-10(16-13-9)7-4-17-5-8(7)15/h2-3,7-8,15H,4-5H2,1H3. The Morgan fingerprint density at radius 1 is 1.53 bits per heavy atom. The van der Waals surface area contributed by atoms with Gasteiger partial charge in [-0.1, -0.05) is 5.16 Å². The highest BCUT2D eigenvalue weighted by Crippen LogP contribution is 2.32. The van der Waals surface area contributed by atoms with Crippen LogP contribution in [-0.2, 0) is 7.05 Å². The number of aryl methyl sites for hydroxylation is 1. The van der Waals surface area contributed by atoms with Gasteiger partial charge < -0.3 is 9.63 Å². The third-order valence-corrected chi connectivity index (χ3v) is 3.94. The average molecular weight is 252 g/mol. The Hall–Kier alpha value is -1.34. The van der Waals surface area contributed by atoms with Gasteiger partial charge in [0, 0.05) is 24.8 Å². The molecule has 6 nitrogen and oxygen atoms in total. The number of aliphatic hydroxyl groups is 1. The first kappa shape index (κ1) is 10.8. The second-order valence-corrected chi connectivity index (χ2v) is 5.15. The first-order chi connectivity index (χ1) is 8.24. The number of aliphatic hydroxyl groups excluding tert-OH is 1. The summed E-state index contributed by atoms with van der Waals surface area (Å²) in [5, 5.41) is 17.7. The summed E-state index contributed by atoms with van der Waals surface area (Å²) in [6.45, 7) is 0. The molecule has 2 atom stereocenters. The Morgan fingerprint density at radius 3 is 3.06 bits per heavy atom. The predicted molar refractivity (Wildman–Crippen MR) is 62.6 cm³/mol. The van der Waals surface area contributed by atoms with E-state index in [1.165, 1.54) is 0 Å². The van der Waals surface area contributed by atoms with E-state index in [1.807, 2.05) is 13.2 Å². The predicted octanol–water partition coefficient (Wildman–Crippen LogP) is 0.661. The largest absolute Gasteiger partial charge is 0.391 e. The van der Waals surface area contributed by atoms with Gasteiger partial charge in [0.2, 0.25) is 11.7 Å². The van der Waals surface area contributed by atoms with Gasteiger partial charge in [-0.25, -0.2) is 0 Å². The van der Waals surface area contributed by atoms with Gasteiger partial charge in [0.25, 0.3) is 0 Å². The van der Waals surface area contributed by atoms with Gasteiger partial charge in [-0.15, -0.1) is 0 Å². The number of aromatic nitrogens is 4. The van der Waals surface area contributed by atoms with Crippen LogP contribution in [0.1, 0.15) is 11.8 Å². The molecule has 90 valence electrons. The number of thioether (sulfide) groups is 1. The second-order valence-electron chi connectivity index (χ2n) is 4.07. The highest BCUT2D eigenvalue weighted by atomic mass is 32.2. The molecule has 1 aliphatic heterocycles. The summed E-state index contributed by atoms with van der Waals surface area (Å²) in [7, 11) is 1.84. The van der Waals surface area contributed by atoms with Crippen LogP contribution >= 0.6 is 11.8 Å². The molecule has 0 aromatic carbocycles. The quantitative estimate of drug-likeness (QED) is 0.846. The van der Waals surface area contributed by atoms with Crippen molar-refractivity contribution in [3.05, 3.63) is 18.3 Å². The number of hydrogen-bond donors (Lipinski definition) is 1. The lowest BCUT2D eigenvalue weighted by Crippen LogP contribution is -2.15. The Balaban J connectivity index is 1.87. The Bertz CT molecular complexity index is 524. The van der Waals surface area contributed by atoms with Crippen molar-refractivity contribution in [1.29, 1.82) is 0 Å². The van der Waals surface area contributed by atoms with Crippen LogP contribution in [0.2, 0.25) is 0 Å². The van der Waals surface area contributed by atoms with Crippen LogP contribution in [0.3, 0.4) is 0 Å². The molecule has 0 spiro atoms. The molecule has 1 saturated heterocycles. The third kappa shape index (κ3) is 1.96. The van der Waals surface area contributed by atoms with E-state index >= 15 is 0 Å². The van der Waals surface area contributed by atoms with Crippen molar-refractivity contribution in [2.75, 3.05) is 11.5 Å². The van der Waals surface area contributed by atoms with E-state index in [-0.39, 0.29) is 12.0 Å². The van der Waals surface area contributed by atoms with Crippen LogP contribution in [0.5, 0.6) is 0 Å². The Kier molecular flexibility index (Phi) is 2.64. The molecule has 1 fully saturated rings. The molecule has 0 saturated carbocycles. The maximum Gasteiger partial charge on any atom is 0.233 e. The van der Waals surface area contributed by atoms with Gasteiger partial charge in [-0.2, -0.15) is 21.8 Å². The molecule has 0 aliphatic carbocycles. The molecule has 17 heavy (non-hydrogen) atoms. The molecule has 3 heterocycles. The minimum Gasteiger partial charge on any atom is -0.391 e. The van der Waals surface area contributed by atoms with Crippen molar-refractivity contribution in [3.8, 4) is 11.4 Å². The summed E-state index contributed by atoms with van der Waals surface area (Å²) in [6, 6.07) is 0. The van der Waals surface area contributed by atoms with Gasteiger partial charge in [0.05, 0.1) is 23.8 Å². The van der Waals surface area contributed by atoms with Crippen molar-refractivity contribution in [3.63, 3.8) is 0 Å². The lowest BCUT2D eigenvalue weighted by atomic mass is 10.1. The zero-order valence-electron chi connectivity index (χ0n) is 9.28. The summed E-state index contributed by atoms with van der Waals surface area (Å²) in [5.74, 6) is 2.56. The Labute approximate surface area is 102 Å². The summed E-state index contributed by atoms with van der Waals surface area (Å²) in [5.41, 5.74) is 0.822. The fourth-order valence-corrected chi connectivity index (χ4v) is 3.05. The molecule has 0 amide bonds.